The van der Waals surface area contributed by atoms with Crippen LogP contribution in [0.25, 0.3) is 6.08 Å². The van der Waals surface area contributed by atoms with Gasteiger partial charge in [-0.05, 0) is 60.2 Å². The summed E-state index contributed by atoms with van der Waals surface area (Å²) in [6.07, 6.45) is 6.87. The van der Waals surface area contributed by atoms with Gasteiger partial charge in [-0.2, -0.15) is 0 Å². The van der Waals surface area contributed by atoms with Gasteiger partial charge in [-0.3, -0.25) is 0 Å². The molecule has 0 atom stereocenters. The van der Waals surface area contributed by atoms with E-state index in [9.17, 15) is 0 Å². The molecule has 0 spiro atoms. The second-order valence-electron chi connectivity index (χ2n) is 13.1. The SMILES string of the molecule is C1=Cc2ccccc2CC1.C1CO1.CC(C)(C)[Si](C)(C)OCCO.CC(C)(C)[Si](C)(C)OCCOCCOCCO.[K+]. The Morgan fingerprint density at radius 2 is 1.17 bits per heavy atom. The summed E-state index contributed by atoms with van der Waals surface area (Å²) in [6, 6.07) is 8.58. The molecule has 1 saturated heterocycles. The molecule has 2 aliphatic rings. The molecular formula is C32H62KO7Si2+. The Morgan fingerprint density at radius 1 is 0.714 bits per heavy atom. The van der Waals surface area contributed by atoms with Gasteiger partial charge in [-0.1, -0.05) is 78.0 Å². The zero-order valence-corrected chi connectivity index (χ0v) is 34.0. The maximum Gasteiger partial charge on any atom is 1.00 e. The maximum atomic E-state index is 8.59. The monoisotopic (exact) mass is 653 g/mol. The fraction of sp³-hybridized carbons (Fsp3) is 0.750. The number of hydrogen-bond acceptors (Lipinski definition) is 7. The first kappa shape index (κ1) is 44.9. The smallest absolute Gasteiger partial charge is 0.414 e. The van der Waals surface area contributed by atoms with Crippen LogP contribution in [-0.4, -0.2) is 92.9 Å². The Morgan fingerprint density at radius 3 is 1.62 bits per heavy atom. The van der Waals surface area contributed by atoms with Gasteiger partial charge in [0, 0.05) is 0 Å². The fourth-order valence-electron chi connectivity index (χ4n) is 2.85. The number of benzene rings is 1. The first-order valence-corrected chi connectivity index (χ1v) is 20.9. The first-order chi connectivity index (χ1) is 19.1. The minimum atomic E-state index is -1.63. The van der Waals surface area contributed by atoms with Crippen molar-refractivity contribution in [3.63, 3.8) is 0 Å². The van der Waals surface area contributed by atoms with E-state index in [-0.39, 0.29) is 74.7 Å². The van der Waals surface area contributed by atoms with Crippen LogP contribution in [-0.2, 0) is 29.5 Å². The zero-order chi connectivity index (χ0) is 31.4. The van der Waals surface area contributed by atoms with Gasteiger partial charge in [-0.15, -0.1) is 0 Å². The number of epoxide rings is 1. The summed E-state index contributed by atoms with van der Waals surface area (Å²) in [4.78, 5) is 0. The van der Waals surface area contributed by atoms with Crippen molar-refractivity contribution in [3.8, 4) is 0 Å². The van der Waals surface area contributed by atoms with E-state index < -0.39 is 16.6 Å². The predicted molar refractivity (Wildman–Crippen MR) is 177 cm³/mol. The number of aryl methyl sites for hydroxylation is 1. The second-order valence-corrected chi connectivity index (χ2v) is 22.8. The van der Waals surface area contributed by atoms with Crippen LogP contribution in [0.15, 0.2) is 30.3 Å². The molecule has 1 aliphatic carbocycles. The zero-order valence-electron chi connectivity index (χ0n) is 28.9. The van der Waals surface area contributed by atoms with Crippen LogP contribution in [0.2, 0.25) is 36.3 Å². The van der Waals surface area contributed by atoms with Crippen LogP contribution < -0.4 is 51.4 Å². The average Bonchev–Trinajstić information content (AvgIpc) is 3.78. The molecule has 1 aromatic carbocycles. The molecule has 0 radical (unpaired) electrons. The van der Waals surface area contributed by atoms with E-state index in [1.165, 1.54) is 24.0 Å². The van der Waals surface area contributed by atoms with Gasteiger partial charge >= 0.3 is 51.4 Å². The van der Waals surface area contributed by atoms with Crippen molar-refractivity contribution in [1.82, 2.24) is 0 Å². The third-order valence-corrected chi connectivity index (χ3v) is 16.7. The minimum absolute atomic E-state index is 0. The molecule has 1 fully saturated rings. The largest absolute Gasteiger partial charge is 1.00 e. The van der Waals surface area contributed by atoms with Crippen molar-refractivity contribution in [3.05, 3.63) is 41.5 Å². The van der Waals surface area contributed by atoms with Crippen molar-refractivity contribution >= 4 is 22.7 Å². The number of ether oxygens (including phenoxy) is 3. The first-order valence-electron chi connectivity index (χ1n) is 15.1. The third kappa shape index (κ3) is 22.3. The molecule has 0 aromatic heterocycles. The summed E-state index contributed by atoms with van der Waals surface area (Å²) in [7, 11) is -3.22. The van der Waals surface area contributed by atoms with E-state index in [0.29, 0.717) is 39.6 Å². The Labute approximate surface area is 302 Å². The molecule has 1 heterocycles. The van der Waals surface area contributed by atoms with Crippen LogP contribution in [0.3, 0.4) is 0 Å². The molecule has 10 heteroatoms. The van der Waals surface area contributed by atoms with E-state index in [1.54, 1.807) is 0 Å². The number of allylic oxidation sites excluding steroid dienone is 1. The molecule has 0 saturated carbocycles. The van der Waals surface area contributed by atoms with Crippen LogP contribution in [0.5, 0.6) is 0 Å². The second kappa shape index (κ2) is 24.0. The summed E-state index contributed by atoms with van der Waals surface area (Å²) < 4.78 is 26.5. The average molecular weight is 654 g/mol. The van der Waals surface area contributed by atoms with Crippen LogP contribution in [0.4, 0.5) is 0 Å². The Hall–Kier alpha value is 0.750. The molecule has 1 aliphatic heterocycles. The van der Waals surface area contributed by atoms with E-state index in [2.05, 4.69) is 109 Å². The van der Waals surface area contributed by atoms with Crippen molar-refractivity contribution in [1.29, 1.82) is 0 Å². The number of rotatable bonds is 12. The Bertz CT molecular complexity index is 817. The van der Waals surface area contributed by atoms with E-state index in [4.69, 9.17) is 28.5 Å². The molecule has 7 nitrogen and oxygen atoms in total. The van der Waals surface area contributed by atoms with Gasteiger partial charge in [0.2, 0.25) is 0 Å². The molecule has 1 aromatic rings. The van der Waals surface area contributed by atoms with Crippen molar-refractivity contribution in [2.75, 3.05) is 66.1 Å². The standard InChI is InChI=1S/C12H28O4Si.C10H10.C8H20O2Si.C2H4O.K/c1-12(2,3)17(4,5)16-11-10-15-9-8-14-7-6-13;1-2-6-10-8-4-3-7-9(10)5-1;1-8(2,3)11(4,5)10-7-6-9;1-2-3-1;/h13H,6-11H2,1-5H3;1-3,5-7H,4,8H2;9H,6-7H2,1-5H3;1-2H2;/q;;;;+1. The van der Waals surface area contributed by atoms with Crippen LogP contribution in [0.1, 0.15) is 59.1 Å². The van der Waals surface area contributed by atoms with Gasteiger partial charge in [0.15, 0.2) is 16.6 Å². The third-order valence-electron chi connectivity index (χ3n) is 7.60. The molecule has 2 N–H and O–H groups in total. The minimum Gasteiger partial charge on any atom is -0.414 e. The summed E-state index contributed by atoms with van der Waals surface area (Å²) in [6.45, 7) is 27.5. The van der Waals surface area contributed by atoms with Gasteiger partial charge < -0.3 is 33.3 Å². The molecule has 240 valence electrons. The molecule has 0 bridgehead atoms. The number of hydrogen-bond donors (Lipinski definition) is 2. The summed E-state index contributed by atoms with van der Waals surface area (Å²) >= 11 is 0. The molecule has 0 unspecified atom stereocenters. The number of fused-ring (bicyclic) bond motifs is 1. The maximum absolute atomic E-state index is 8.59. The molecule has 3 rings (SSSR count). The van der Waals surface area contributed by atoms with Crippen LogP contribution >= 0.6 is 0 Å². The number of aliphatic hydroxyl groups excluding tert-OH is 2. The fourth-order valence-corrected chi connectivity index (χ4v) is 4.91. The van der Waals surface area contributed by atoms with Gasteiger partial charge in [0.25, 0.3) is 0 Å². The van der Waals surface area contributed by atoms with Gasteiger partial charge in [-0.25, -0.2) is 0 Å². The topological polar surface area (TPSA) is 89.9 Å². The number of aliphatic hydroxyl groups is 2. The summed E-state index contributed by atoms with van der Waals surface area (Å²) in [5.74, 6) is 0. The normalized spacial score (nSPS) is 14.1. The van der Waals surface area contributed by atoms with Crippen molar-refractivity contribution < 1.29 is 84.7 Å². The Kier molecular flexibility index (Phi) is 25.6. The van der Waals surface area contributed by atoms with E-state index in [0.717, 1.165) is 13.2 Å². The quantitative estimate of drug-likeness (QED) is 0.202. The van der Waals surface area contributed by atoms with E-state index >= 15 is 0 Å². The molecule has 42 heavy (non-hydrogen) atoms. The van der Waals surface area contributed by atoms with Crippen LogP contribution in [0, 0.1) is 0 Å². The van der Waals surface area contributed by atoms with Crippen molar-refractivity contribution in [2.24, 2.45) is 0 Å². The predicted octanol–water partition coefficient (Wildman–Crippen LogP) is 3.70. The summed E-state index contributed by atoms with van der Waals surface area (Å²) in [5, 5.41) is 17.6. The molecule has 0 amide bonds. The van der Waals surface area contributed by atoms with Gasteiger partial charge in [0.1, 0.15) is 0 Å². The Balaban J connectivity index is 0. The van der Waals surface area contributed by atoms with Crippen molar-refractivity contribution in [2.45, 2.75) is 90.6 Å². The molecular weight excluding hydrogens is 592 g/mol. The summed E-state index contributed by atoms with van der Waals surface area (Å²) in [5.41, 5.74) is 2.89. The van der Waals surface area contributed by atoms with E-state index in [1.807, 2.05) is 0 Å². The van der Waals surface area contributed by atoms with Gasteiger partial charge in [0.05, 0.1) is 66.1 Å².